The van der Waals surface area contributed by atoms with Crippen LogP contribution < -0.4 is 17.2 Å². The number of nitrogens with zero attached hydrogens (tertiary/aromatic N) is 1. The molecule has 1 rings (SSSR count). The van der Waals surface area contributed by atoms with Crippen LogP contribution in [0.5, 0.6) is 0 Å². The van der Waals surface area contributed by atoms with Crippen LogP contribution in [0.25, 0.3) is 0 Å². The van der Waals surface area contributed by atoms with E-state index in [1.165, 1.54) is 0 Å². The lowest BCUT2D eigenvalue weighted by molar-refractivity contribution is 0.1000. The van der Waals surface area contributed by atoms with Crippen LogP contribution >= 0.6 is 11.8 Å². The largest absolute Gasteiger partial charge is 0.370 e. The van der Waals surface area contributed by atoms with Crippen molar-refractivity contribution >= 4 is 28.8 Å². The van der Waals surface area contributed by atoms with Gasteiger partial charge in [0.25, 0.3) is 0 Å². The Labute approximate surface area is 103 Å². The first-order valence-electron chi connectivity index (χ1n) is 4.69. The van der Waals surface area contributed by atoms with Gasteiger partial charge in [-0.25, -0.2) is 0 Å². The first-order valence-corrected chi connectivity index (χ1v) is 5.67. The average molecular weight is 251 g/mol. The van der Waals surface area contributed by atoms with Crippen LogP contribution in [0, 0.1) is 5.41 Å². The standard InChI is InChI=1S/C10H13N5OS/c11-8(16)7-3-1-2-6(4-7)5-17-10(14)15-9(12)13/h1-4H,5H2,(H2,11,16)(H5,12,13,14,15). The smallest absolute Gasteiger partial charge is 0.248 e. The van der Waals surface area contributed by atoms with Gasteiger partial charge < -0.3 is 17.2 Å². The number of carbonyl (C=O) groups excluding carboxylic acids is 1. The summed E-state index contributed by atoms with van der Waals surface area (Å²) in [7, 11) is 0. The van der Waals surface area contributed by atoms with Gasteiger partial charge in [-0.1, -0.05) is 23.9 Å². The Bertz CT molecular complexity index is 468. The molecule has 0 aliphatic heterocycles. The predicted octanol–water partition coefficient (Wildman–Crippen LogP) is 0.227. The molecule has 0 aromatic heterocycles. The summed E-state index contributed by atoms with van der Waals surface area (Å²) in [4.78, 5) is 14.5. The molecule has 1 aromatic carbocycles. The number of nitrogens with one attached hydrogen (secondary N) is 1. The first-order chi connectivity index (χ1) is 7.99. The Morgan fingerprint density at radius 3 is 2.65 bits per heavy atom. The van der Waals surface area contributed by atoms with Crippen LogP contribution in [0.3, 0.4) is 0 Å². The number of amides is 1. The molecule has 0 radical (unpaired) electrons. The summed E-state index contributed by atoms with van der Waals surface area (Å²) in [6.45, 7) is 0. The number of carbonyl (C=O) groups is 1. The van der Waals surface area contributed by atoms with Gasteiger partial charge in [-0.3, -0.25) is 10.2 Å². The second-order valence-corrected chi connectivity index (χ2v) is 4.16. The number of amidine groups is 1. The highest BCUT2D eigenvalue weighted by Crippen LogP contribution is 2.15. The van der Waals surface area contributed by atoms with Crippen molar-refractivity contribution in [1.82, 2.24) is 0 Å². The maximum absolute atomic E-state index is 11.0. The maximum atomic E-state index is 11.0. The third-order valence-electron chi connectivity index (χ3n) is 1.82. The highest BCUT2D eigenvalue weighted by atomic mass is 32.2. The van der Waals surface area contributed by atoms with Gasteiger partial charge in [0.2, 0.25) is 5.91 Å². The molecule has 90 valence electrons. The predicted molar refractivity (Wildman–Crippen MR) is 69.8 cm³/mol. The van der Waals surface area contributed by atoms with Crippen LogP contribution in [0.4, 0.5) is 0 Å². The van der Waals surface area contributed by atoms with Gasteiger partial charge in [0, 0.05) is 11.3 Å². The highest BCUT2D eigenvalue weighted by molar-refractivity contribution is 8.13. The van der Waals surface area contributed by atoms with E-state index in [2.05, 4.69) is 4.99 Å². The second kappa shape index (κ2) is 5.90. The molecule has 0 unspecified atom stereocenters. The lowest BCUT2D eigenvalue weighted by Crippen LogP contribution is -2.23. The van der Waals surface area contributed by atoms with Gasteiger partial charge in [0.05, 0.1) is 0 Å². The lowest BCUT2D eigenvalue weighted by Gasteiger charge is -2.02. The van der Waals surface area contributed by atoms with E-state index in [0.29, 0.717) is 11.3 Å². The molecule has 0 fully saturated rings. The fourth-order valence-corrected chi connectivity index (χ4v) is 1.77. The molecule has 17 heavy (non-hydrogen) atoms. The fraction of sp³-hybridized carbons (Fsp3) is 0.100. The summed E-state index contributed by atoms with van der Waals surface area (Å²) >= 11 is 1.16. The van der Waals surface area contributed by atoms with Crippen molar-refractivity contribution in [2.75, 3.05) is 0 Å². The van der Waals surface area contributed by atoms with Gasteiger partial charge in [0.1, 0.15) is 0 Å². The van der Waals surface area contributed by atoms with Crippen LogP contribution in [0.2, 0.25) is 0 Å². The van der Waals surface area contributed by atoms with Gasteiger partial charge >= 0.3 is 0 Å². The Hall–Kier alpha value is -2.02. The molecule has 0 saturated heterocycles. The molecular formula is C10H13N5OS. The second-order valence-electron chi connectivity index (χ2n) is 3.20. The molecule has 0 saturated carbocycles. The molecule has 0 bridgehead atoms. The molecular weight excluding hydrogens is 238 g/mol. The van der Waals surface area contributed by atoms with E-state index >= 15 is 0 Å². The van der Waals surface area contributed by atoms with E-state index in [1.54, 1.807) is 18.2 Å². The minimum absolute atomic E-state index is 0.0227. The minimum atomic E-state index is -0.476. The number of rotatable bonds is 3. The number of primary amides is 1. The van der Waals surface area contributed by atoms with Gasteiger partial charge in [0.15, 0.2) is 11.1 Å². The van der Waals surface area contributed by atoms with Crippen molar-refractivity contribution in [3.05, 3.63) is 35.4 Å². The number of nitrogens with two attached hydrogens (primary N) is 3. The zero-order chi connectivity index (χ0) is 12.8. The van der Waals surface area contributed by atoms with Crippen molar-refractivity contribution in [2.24, 2.45) is 22.2 Å². The third-order valence-corrected chi connectivity index (χ3v) is 2.66. The normalized spacial score (nSPS) is 9.65. The number of hydrogen-bond acceptors (Lipinski definition) is 3. The Kier molecular flexibility index (Phi) is 4.53. The first kappa shape index (κ1) is 13.0. The summed E-state index contributed by atoms with van der Waals surface area (Å²) in [6, 6.07) is 6.89. The SMILES string of the molecule is N=C(N=C(N)N)SCc1cccc(C(N)=O)c1. The molecule has 0 aliphatic rings. The third kappa shape index (κ3) is 4.56. The summed E-state index contributed by atoms with van der Waals surface area (Å²) < 4.78 is 0. The molecule has 7 N–H and O–H groups in total. The number of aliphatic imine (C=N–C) groups is 1. The van der Waals surface area contributed by atoms with Crippen molar-refractivity contribution < 1.29 is 4.79 Å². The quantitative estimate of drug-likeness (QED) is 0.452. The molecule has 0 heterocycles. The molecule has 0 aliphatic carbocycles. The fourth-order valence-electron chi connectivity index (χ4n) is 1.12. The molecule has 0 spiro atoms. The van der Waals surface area contributed by atoms with E-state index in [4.69, 9.17) is 22.6 Å². The van der Waals surface area contributed by atoms with Gasteiger partial charge in [-0.15, -0.1) is 0 Å². The summed E-state index contributed by atoms with van der Waals surface area (Å²) in [6.07, 6.45) is 0. The topological polar surface area (TPSA) is 131 Å². The Morgan fingerprint density at radius 1 is 1.35 bits per heavy atom. The zero-order valence-electron chi connectivity index (χ0n) is 9.01. The zero-order valence-corrected chi connectivity index (χ0v) is 9.83. The maximum Gasteiger partial charge on any atom is 0.248 e. The van der Waals surface area contributed by atoms with E-state index in [9.17, 15) is 4.79 Å². The van der Waals surface area contributed by atoms with Crippen LogP contribution in [0.1, 0.15) is 15.9 Å². The molecule has 6 nitrogen and oxygen atoms in total. The van der Waals surface area contributed by atoms with E-state index in [-0.39, 0.29) is 11.1 Å². The van der Waals surface area contributed by atoms with E-state index in [1.807, 2.05) is 6.07 Å². The summed E-state index contributed by atoms with van der Waals surface area (Å²) in [5.74, 6) is -0.124. The molecule has 0 atom stereocenters. The van der Waals surface area contributed by atoms with Crippen molar-refractivity contribution in [2.45, 2.75) is 5.75 Å². The number of guanidine groups is 1. The van der Waals surface area contributed by atoms with E-state index in [0.717, 1.165) is 17.3 Å². The Morgan fingerprint density at radius 2 is 2.06 bits per heavy atom. The number of hydrogen-bond donors (Lipinski definition) is 4. The average Bonchev–Trinajstić information content (AvgIpc) is 2.26. The van der Waals surface area contributed by atoms with Crippen LogP contribution in [-0.4, -0.2) is 17.0 Å². The summed E-state index contributed by atoms with van der Waals surface area (Å²) in [5, 5.41) is 7.45. The Balaban J connectivity index is 2.64. The van der Waals surface area contributed by atoms with Crippen molar-refractivity contribution in [1.29, 1.82) is 5.41 Å². The number of thioether (sulfide) groups is 1. The van der Waals surface area contributed by atoms with Crippen LogP contribution in [-0.2, 0) is 5.75 Å². The number of benzene rings is 1. The van der Waals surface area contributed by atoms with Gasteiger partial charge in [-0.2, -0.15) is 4.99 Å². The van der Waals surface area contributed by atoms with Crippen molar-refractivity contribution in [3.8, 4) is 0 Å². The monoisotopic (exact) mass is 251 g/mol. The van der Waals surface area contributed by atoms with Crippen LogP contribution in [0.15, 0.2) is 29.3 Å². The van der Waals surface area contributed by atoms with Gasteiger partial charge in [-0.05, 0) is 17.7 Å². The highest BCUT2D eigenvalue weighted by Gasteiger charge is 2.03. The molecule has 1 amide bonds. The summed E-state index contributed by atoms with van der Waals surface area (Å²) in [5.41, 5.74) is 16.8. The lowest BCUT2D eigenvalue weighted by atomic mass is 10.1. The molecule has 1 aromatic rings. The van der Waals surface area contributed by atoms with Crippen molar-refractivity contribution in [3.63, 3.8) is 0 Å². The minimum Gasteiger partial charge on any atom is -0.370 e. The molecule has 7 heteroatoms. The van der Waals surface area contributed by atoms with E-state index < -0.39 is 5.91 Å².